The standard InChI is InChI=1S/C14H11NO4.C12H16BNO4/c1-9-5-6-11(14(16)17)8-13(9)10-3-2-4-12(7-10)15(18)19;1-11(2)12(3,4)18-13(17-11)9-6-5-7-10(8-9)14(15)16/h2-8H,1H3,(H,16,17);5-8H,1-4H3. The summed E-state index contributed by atoms with van der Waals surface area (Å²) in [7, 11) is -0.560. The number of nitro groups is 2. The molecule has 1 fully saturated rings. The van der Waals surface area contributed by atoms with Crippen LogP contribution in [-0.2, 0) is 9.31 Å². The van der Waals surface area contributed by atoms with Crippen LogP contribution in [0.5, 0.6) is 0 Å². The molecule has 0 atom stereocenters. The van der Waals surface area contributed by atoms with Crippen molar-refractivity contribution in [2.75, 3.05) is 0 Å². The van der Waals surface area contributed by atoms with Gasteiger partial charge in [0, 0.05) is 24.3 Å². The van der Waals surface area contributed by atoms with Crippen LogP contribution in [0.2, 0.25) is 0 Å². The van der Waals surface area contributed by atoms with E-state index < -0.39 is 34.1 Å². The zero-order chi connectivity index (χ0) is 27.5. The number of non-ortho nitro benzene ring substituents is 2. The number of carbonyl (C=O) groups is 1. The normalized spacial score (nSPS) is 15.4. The molecule has 0 bridgehead atoms. The van der Waals surface area contributed by atoms with Crippen molar-refractivity contribution in [3.8, 4) is 11.1 Å². The number of aromatic carboxylic acids is 1. The topological polar surface area (TPSA) is 142 Å². The molecule has 0 saturated carbocycles. The van der Waals surface area contributed by atoms with Gasteiger partial charge in [-0.2, -0.15) is 0 Å². The van der Waals surface area contributed by atoms with Crippen LogP contribution >= 0.6 is 0 Å². The molecule has 11 heteroatoms. The molecular weight excluding hydrogens is 479 g/mol. The van der Waals surface area contributed by atoms with Gasteiger partial charge >= 0.3 is 13.1 Å². The summed E-state index contributed by atoms with van der Waals surface area (Å²) in [6, 6.07) is 17.2. The zero-order valence-electron chi connectivity index (χ0n) is 21.1. The number of carboxylic acid groups (broad SMARTS) is 1. The molecule has 0 spiro atoms. The Morgan fingerprint density at radius 1 is 0.838 bits per heavy atom. The van der Waals surface area contributed by atoms with Crippen molar-refractivity contribution in [2.24, 2.45) is 0 Å². The van der Waals surface area contributed by atoms with Crippen LogP contribution < -0.4 is 5.46 Å². The molecule has 0 unspecified atom stereocenters. The van der Waals surface area contributed by atoms with E-state index >= 15 is 0 Å². The summed E-state index contributed by atoms with van der Waals surface area (Å²) in [6.45, 7) is 9.63. The maximum Gasteiger partial charge on any atom is 0.495 e. The van der Waals surface area contributed by atoms with Crippen molar-refractivity contribution >= 4 is 29.9 Å². The van der Waals surface area contributed by atoms with E-state index in [2.05, 4.69) is 0 Å². The van der Waals surface area contributed by atoms with Crippen molar-refractivity contribution in [1.29, 1.82) is 0 Å². The Balaban J connectivity index is 0.000000206. The molecule has 1 aliphatic rings. The number of rotatable bonds is 5. The molecule has 0 radical (unpaired) electrons. The van der Waals surface area contributed by atoms with E-state index in [-0.39, 0.29) is 16.9 Å². The van der Waals surface area contributed by atoms with Crippen LogP contribution in [0.15, 0.2) is 66.7 Å². The van der Waals surface area contributed by atoms with Gasteiger partial charge < -0.3 is 14.4 Å². The maximum atomic E-state index is 11.0. The van der Waals surface area contributed by atoms with Gasteiger partial charge in [-0.15, -0.1) is 0 Å². The molecule has 1 heterocycles. The Kier molecular flexibility index (Phi) is 7.80. The first-order valence-electron chi connectivity index (χ1n) is 11.4. The lowest BCUT2D eigenvalue weighted by molar-refractivity contribution is -0.385. The number of carboxylic acids is 1. The fourth-order valence-electron chi connectivity index (χ4n) is 3.62. The minimum atomic E-state index is -1.02. The van der Waals surface area contributed by atoms with E-state index in [4.69, 9.17) is 14.4 Å². The van der Waals surface area contributed by atoms with Crippen LogP contribution in [0.4, 0.5) is 11.4 Å². The van der Waals surface area contributed by atoms with Gasteiger partial charge in [0.1, 0.15) is 0 Å². The molecule has 3 aromatic carbocycles. The molecule has 0 aliphatic carbocycles. The van der Waals surface area contributed by atoms with E-state index in [0.717, 1.165) is 5.56 Å². The summed E-state index contributed by atoms with van der Waals surface area (Å²) in [5.74, 6) is -1.02. The molecule has 37 heavy (non-hydrogen) atoms. The Bertz CT molecular complexity index is 1340. The smallest absolute Gasteiger partial charge is 0.478 e. The Hall–Kier alpha value is -4.09. The fraction of sp³-hybridized carbons (Fsp3) is 0.269. The summed E-state index contributed by atoms with van der Waals surface area (Å²) in [6.07, 6.45) is 0. The third-order valence-electron chi connectivity index (χ3n) is 6.46. The molecule has 1 aliphatic heterocycles. The number of hydrogen-bond donors (Lipinski definition) is 1. The summed E-state index contributed by atoms with van der Waals surface area (Å²) < 4.78 is 11.7. The lowest BCUT2D eigenvalue weighted by Crippen LogP contribution is -2.41. The highest BCUT2D eigenvalue weighted by Gasteiger charge is 2.51. The second kappa shape index (κ2) is 10.5. The van der Waals surface area contributed by atoms with Crippen LogP contribution in [-0.4, -0.2) is 39.2 Å². The van der Waals surface area contributed by atoms with Gasteiger partial charge in [-0.3, -0.25) is 20.2 Å². The maximum absolute atomic E-state index is 11.0. The van der Waals surface area contributed by atoms with Crippen LogP contribution in [0.25, 0.3) is 11.1 Å². The molecule has 3 aromatic rings. The summed E-state index contributed by atoms with van der Waals surface area (Å²) >= 11 is 0. The zero-order valence-corrected chi connectivity index (χ0v) is 21.1. The molecule has 10 nitrogen and oxygen atoms in total. The predicted molar refractivity (Wildman–Crippen MR) is 139 cm³/mol. The number of hydrogen-bond acceptors (Lipinski definition) is 7. The van der Waals surface area contributed by atoms with Crippen LogP contribution in [0.1, 0.15) is 43.6 Å². The Morgan fingerprint density at radius 3 is 1.92 bits per heavy atom. The van der Waals surface area contributed by atoms with E-state index in [9.17, 15) is 25.0 Å². The highest BCUT2D eigenvalue weighted by molar-refractivity contribution is 6.62. The van der Waals surface area contributed by atoms with Crippen LogP contribution in [0.3, 0.4) is 0 Å². The molecule has 1 N–H and O–H groups in total. The number of nitrogens with zero attached hydrogens (tertiary/aromatic N) is 2. The van der Waals surface area contributed by atoms with Gasteiger partial charge in [0.25, 0.3) is 11.4 Å². The van der Waals surface area contributed by atoms with Gasteiger partial charge in [0.2, 0.25) is 0 Å². The average molecular weight is 506 g/mol. The first kappa shape index (κ1) is 27.5. The molecule has 0 aromatic heterocycles. The first-order chi connectivity index (χ1) is 17.2. The van der Waals surface area contributed by atoms with E-state index in [0.29, 0.717) is 16.6 Å². The summed E-state index contributed by atoms with van der Waals surface area (Å²) in [5.41, 5.74) is 2.16. The molecule has 1 saturated heterocycles. The average Bonchev–Trinajstić information content (AvgIpc) is 3.06. The van der Waals surface area contributed by atoms with Gasteiger partial charge in [-0.1, -0.05) is 30.3 Å². The molecule has 4 rings (SSSR count). The highest BCUT2D eigenvalue weighted by atomic mass is 16.7. The summed E-state index contributed by atoms with van der Waals surface area (Å²) in [5, 5.41) is 30.5. The van der Waals surface area contributed by atoms with E-state index in [1.54, 1.807) is 30.3 Å². The quantitative estimate of drug-likeness (QED) is 0.284. The second-order valence-corrected chi connectivity index (χ2v) is 9.58. The van der Waals surface area contributed by atoms with Crippen molar-refractivity contribution < 1.29 is 29.1 Å². The molecule has 0 amide bonds. The number of aryl methyl sites for hydroxylation is 1. The van der Waals surface area contributed by atoms with Crippen molar-refractivity contribution in [3.63, 3.8) is 0 Å². The number of nitro benzene ring substituents is 2. The van der Waals surface area contributed by atoms with Crippen molar-refractivity contribution in [2.45, 2.75) is 45.8 Å². The van der Waals surface area contributed by atoms with Gasteiger partial charge in [-0.25, -0.2) is 4.79 Å². The largest absolute Gasteiger partial charge is 0.495 e. The lowest BCUT2D eigenvalue weighted by atomic mass is 9.79. The monoisotopic (exact) mass is 506 g/mol. The third kappa shape index (κ3) is 6.19. The van der Waals surface area contributed by atoms with Gasteiger partial charge in [-0.05, 0) is 68.9 Å². The minimum Gasteiger partial charge on any atom is -0.478 e. The summed E-state index contributed by atoms with van der Waals surface area (Å²) in [4.78, 5) is 31.6. The van der Waals surface area contributed by atoms with Gasteiger partial charge in [0.05, 0.1) is 26.6 Å². The SMILES string of the molecule is CC1(C)OB(c2cccc([N+](=O)[O-])c2)OC1(C)C.Cc1ccc(C(=O)O)cc1-c1cccc([N+](=O)[O-])c1. The highest BCUT2D eigenvalue weighted by Crippen LogP contribution is 2.36. The van der Waals surface area contributed by atoms with E-state index in [1.807, 2.05) is 34.6 Å². The van der Waals surface area contributed by atoms with Gasteiger partial charge in [0.15, 0.2) is 0 Å². The number of benzene rings is 3. The van der Waals surface area contributed by atoms with Crippen molar-refractivity contribution in [1.82, 2.24) is 0 Å². The fourth-order valence-corrected chi connectivity index (χ4v) is 3.62. The Morgan fingerprint density at radius 2 is 1.38 bits per heavy atom. The molecule has 192 valence electrons. The third-order valence-corrected chi connectivity index (χ3v) is 6.46. The second-order valence-electron chi connectivity index (χ2n) is 9.58. The predicted octanol–water partition coefficient (Wildman–Crippen LogP) is 5.16. The lowest BCUT2D eigenvalue weighted by Gasteiger charge is -2.32. The van der Waals surface area contributed by atoms with Crippen LogP contribution in [0, 0.1) is 27.2 Å². The first-order valence-corrected chi connectivity index (χ1v) is 11.4. The van der Waals surface area contributed by atoms with Crippen molar-refractivity contribution in [3.05, 3.63) is 98.1 Å². The van der Waals surface area contributed by atoms with E-state index in [1.165, 1.54) is 36.4 Å². The molecular formula is C26H27BN2O8. The Labute approximate surface area is 214 Å². The minimum absolute atomic E-state index is 0.0161.